The summed E-state index contributed by atoms with van der Waals surface area (Å²) in [5.74, 6) is 2.02. The first-order valence-electron chi connectivity index (χ1n) is 6.78. The smallest absolute Gasteiger partial charge is 0.257 e. The van der Waals surface area contributed by atoms with Gasteiger partial charge in [-0.25, -0.2) is 0 Å². The van der Waals surface area contributed by atoms with E-state index in [1.165, 1.54) is 5.56 Å². The molecule has 0 N–H and O–H groups in total. The number of aromatic nitrogens is 2. The van der Waals surface area contributed by atoms with Crippen LogP contribution in [0.1, 0.15) is 17.0 Å². The predicted octanol–water partition coefficient (Wildman–Crippen LogP) is 3.64. The van der Waals surface area contributed by atoms with Crippen molar-refractivity contribution < 1.29 is 9.26 Å². The second-order valence-electron chi connectivity index (χ2n) is 4.87. The highest BCUT2D eigenvalue weighted by Gasteiger charge is 2.11. The molecule has 4 heteroatoms. The van der Waals surface area contributed by atoms with Crippen LogP contribution in [0, 0.1) is 6.92 Å². The zero-order valence-corrected chi connectivity index (χ0v) is 12.0. The van der Waals surface area contributed by atoms with E-state index in [9.17, 15) is 0 Å². The Morgan fingerprint density at radius 1 is 1.05 bits per heavy atom. The van der Waals surface area contributed by atoms with E-state index < -0.39 is 0 Å². The molecular formula is C17H16N2O2. The number of para-hydroxylation sites is 1. The monoisotopic (exact) mass is 280 g/mol. The van der Waals surface area contributed by atoms with Crippen LogP contribution in [0.3, 0.4) is 0 Å². The molecule has 0 aliphatic heterocycles. The highest BCUT2D eigenvalue weighted by molar-refractivity contribution is 5.53. The van der Waals surface area contributed by atoms with Crippen molar-refractivity contribution in [3.8, 4) is 17.2 Å². The van der Waals surface area contributed by atoms with Gasteiger partial charge in [0.2, 0.25) is 0 Å². The summed E-state index contributed by atoms with van der Waals surface area (Å²) in [7, 11) is 1.66. The lowest BCUT2D eigenvalue weighted by Crippen LogP contribution is -1.95. The van der Waals surface area contributed by atoms with Gasteiger partial charge in [0, 0.05) is 17.5 Å². The highest BCUT2D eigenvalue weighted by atomic mass is 16.5. The average Bonchev–Trinajstić information content (AvgIpc) is 2.97. The molecule has 21 heavy (non-hydrogen) atoms. The van der Waals surface area contributed by atoms with Gasteiger partial charge in [0.25, 0.3) is 5.89 Å². The Kier molecular flexibility index (Phi) is 3.69. The number of hydrogen-bond acceptors (Lipinski definition) is 4. The number of rotatable bonds is 4. The summed E-state index contributed by atoms with van der Waals surface area (Å²) in [5, 5.41) is 4.04. The van der Waals surface area contributed by atoms with Crippen molar-refractivity contribution in [1.29, 1.82) is 0 Å². The molecule has 0 unspecified atom stereocenters. The van der Waals surface area contributed by atoms with Gasteiger partial charge in [-0.3, -0.25) is 0 Å². The fourth-order valence-corrected chi connectivity index (χ4v) is 2.16. The Morgan fingerprint density at radius 2 is 1.81 bits per heavy atom. The maximum Gasteiger partial charge on any atom is 0.257 e. The number of aryl methyl sites for hydroxylation is 1. The van der Waals surface area contributed by atoms with Crippen molar-refractivity contribution in [2.75, 3.05) is 7.11 Å². The molecule has 0 aliphatic rings. The fourth-order valence-electron chi connectivity index (χ4n) is 2.16. The zero-order valence-electron chi connectivity index (χ0n) is 12.0. The summed E-state index contributed by atoms with van der Waals surface area (Å²) < 4.78 is 10.7. The quantitative estimate of drug-likeness (QED) is 0.732. The van der Waals surface area contributed by atoms with Crippen LogP contribution in [0.25, 0.3) is 11.5 Å². The molecule has 2 aromatic carbocycles. The Bertz CT molecular complexity index is 733. The first-order chi connectivity index (χ1) is 10.3. The molecule has 0 bridgehead atoms. The molecule has 0 fully saturated rings. The molecule has 1 heterocycles. The summed E-state index contributed by atoms with van der Waals surface area (Å²) >= 11 is 0. The highest BCUT2D eigenvalue weighted by Crippen LogP contribution is 2.22. The van der Waals surface area contributed by atoms with E-state index >= 15 is 0 Å². The lowest BCUT2D eigenvalue weighted by Gasteiger charge is -2.05. The molecule has 3 aromatic rings. The van der Waals surface area contributed by atoms with Gasteiger partial charge in [-0.2, -0.15) is 4.98 Å². The van der Waals surface area contributed by atoms with Gasteiger partial charge in [0.15, 0.2) is 5.82 Å². The molecule has 0 atom stereocenters. The predicted molar refractivity (Wildman–Crippen MR) is 80.3 cm³/mol. The summed E-state index contributed by atoms with van der Waals surface area (Å²) in [6.07, 6.45) is 0.583. The van der Waals surface area contributed by atoms with Gasteiger partial charge < -0.3 is 9.26 Å². The lowest BCUT2D eigenvalue weighted by molar-refractivity contribution is 0.408. The molecule has 1 aromatic heterocycles. The van der Waals surface area contributed by atoms with E-state index in [0.29, 0.717) is 18.1 Å². The third-order valence-electron chi connectivity index (χ3n) is 3.31. The maximum atomic E-state index is 5.34. The van der Waals surface area contributed by atoms with Crippen molar-refractivity contribution >= 4 is 0 Å². The van der Waals surface area contributed by atoms with E-state index in [-0.39, 0.29) is 0 Å². The molecular weight excluding hydrogens is 264 g/mol. The second-order valence-corrected chi connectivity index (χ2v) is 4.87. The first kappa shape index (κ1) is 13.4. The fraction of sp³-hybridized carbons (Fsp3) is 0.176. The molecule has 3 rings (SSSR count). The summed E-state index contributed by atoms with van der Waals surface area (Å²) in [5.41, 5.74) is 3.17. The minimum Gasteiger partial charge on any atom is -0.496 e. The molecule has 0 aliphatic carbocycles. The van der Waals surface area contributed by atoms with Gasteiger partial charge >= 0.3 is 0 Å². The van der Waals surface area contributed by atoms with Gasteiger partial charge in [-0.05, 0) is 25.1 Å². The van der Waals surface area contributed by atoms with Crippen molar-refractivity contribution in [1.82, 2.24) is 10.1 Å². The van der Waals surface area contributed by atoms with Gasteiger partial charge in [-0.1, -0.05) is 41.1 Å². The molecule has 0 spiro atoms. The van der Waals surface area contributed by atoms with Gasteiger partial charge in [-0.15, -0.1) is 0 Å². The number of methoxy groups -OCH3 is 1. The summed E-state index contributed by atoms with van der Waals surface area (Å²) in [6.45, 7) is 2.05. The second kappa shape index (κ2) is 5.79. The minimum atomic E-state index is 0.542. The van der Waals surface area contributed by atoms with E-state index in [0.717, 1.165) is 16.9 Å². The van der Waals surface area contributed by atoms with E-state index in [1.807, 2.05) is 55.5 Å². The number of nitrogens with zero attached hydrogens (tertiary/aromatic N) is 2. The van der Waals surface area contributed by atoms with E-state index in [2.05, 4.69) is 10.1 Å². The molecule has 0 saturated carbocycles. The minimum absolute atomic E-state index is 0.542. The van der Waals surface area contributed by atoms with Crippen LogP contribution in [0.15, 0.2) is 53.1 Å². The molecule has 0 saturated heterocycles. The van der Waals surface area contributed by atoms with Crippen molar-refractivity contribution in [2.45, 2.75) is 13.3 Å². The largest absolute Gasteiger partial charge is 0.496 e. The van der Waals surface area contributed by atoms with E-state index in [4.69, 9.17) is 9.26 Å². The number of benzene rings is 2. The molecule has 0 amide bonds. The number of hydrogen-bond donors (Lipinski definition) is 0. The average molecular weight is 280 g/mol. The van der Waals surface area contributed by atoms with Crippen molar-refractivity contribution in [2.24, 2.45) is 0 Å². The molecule has 4 nitrogen and oxygen atoms in total. The molecule has 106 valence electrons. The van der Waals surface area contributed by atoms with Crippen LogP contribution >= 0.6 is 0 Å². The van der Waals surface area contributed by atoms with E-state index in [1.54, 1.807) is 7.11 Å². The summed E-state index contributed by atoms with van der Waals surface area (Å²) in [4.78, 5) is 4.45. The lowest BCUT2D eigenvalue weighted by atomic mass is 10.1. The Balaban J connectivity index is 1.83. The Hall–Kier alpha value is -2.62. The van der Waals surface area contributed by atoms with Crippen LogP contribution < -0.4 is 4.74 Å². The van der Waals surface area contributed by atoms with Gasteiger partial charge in [0.05, 0.1) is 7.11 Å². The molecule has 0 radical (unpaired) electrons. The van der Waals surface area contributed by atoms with Crippen LogP contribution in [-0.4, -0.2) is 17.3 Å². The van der Waals surface area contributed by atoms with Crippen LogP contribution in [0.4, 0.5) is 0 Å². The normalized spacial score (nSPS) is 10.6. The SMILES string of the molecule is COc1ccccc1Cc1noc(-c2ccc(C)cc2)n1. The van der Waals surface area contributed by atoms with Crippen LogP contribution in [0.2, 0.25) is 0 Å². The topological polar surface area (TPSA) is 48.2 Å². The van der Waals surface area contributed by atoms with Gasteiger partial charge in [0.1, 0.15) is 5.75 Å². The Morgan fingerprint density at radius 3 is 2.57 bits per heavy atom. The van der Waals surface area contributed by atoms with Crippen LogP contribution in [0.5, 0.6) is 5.75 Å². The zero-order chi connectivity index (χ0) is 14.7. The Labute approximate surface area is 123 Å². The van der Waals surface area contributed by atoms with Crippen LogP contribution in [-0.2, 0) is 6.42 Å². The third kappa shape index (κ3) is 2.94. The van der Waals surface area contributed by atoms with Crippen molar-refractivity contribution in [3.63, 3.8) is 0 Å². The third-order valence-corrected chi connectivity index (χ3v) is 3.31. The first-order valence-corrected chi connectivity index (χ1v) is 6.78. The maximum absolute atomic E-state index is 5.34. The van der Waals surface area contributed by atoms with Crippen molar-refractivity contribution in [3.05, 3.63) is 65.5 Å². The summed E-state index contributed by atoms with van der Waals surface area (Å²) in [6, 6.07) is 15.9. The number of ether oxygens (including phenoxy) is 1. The standard InChI is InChI=1S/C17H16N2O2/c1-12-7-9-13(10-8-12)17-18-16(19-21-17)11-14-5-3-4-6-15(14)20-2/h3-10H,11H2,1-2H3.